The van der Waals surface area contributed by atoms with Crippen molar-refractivity contribution in [3.05, 3.63) is 65.9 Å². The van der Waals surface area contributed by atoms with Gasteiger partial charge in [-0.2, -0.15) is 22.9 Å². The molecule has 2 aromatic carbocycles. The first-order valence-electron chi connectivity index (χ1n) is 14.0. The molecule has 1 fully saturated rings. The molecular formula is C28H31F3N6O9S. The number of halogens is 3. The van der Waals surface area contributed by atoms with Crippen molar-refractivity contribution < 1.29 is 54.9 Å². The molecule has 0 spiro atoms. The van der Waals surface area contributed by atoms with Gasteiger partial charge in [0.25, 0.3) is 16.8 Å². The summed E-state index contributed by atoms with van der Waals surface area (Å²) >= 11 is 0. The summed E-state index contributed by atoms with van der Waals surface area (Å²) in [5.41, 5.74) is -0.110. The van der Waals surface area contributed by atoms with Crippen LogP contribution in [0.1, 0.15) is 32.0 Å². The number of aromatic nitrogens is 4. The van der Waals surface area contributed by atoms with E-state index in [0.717, 1.165) is 33.5 Å². The van der Waals surface area contributed by atoms with Gasteiger partial charge in [0, 0.05) is 29.5 Å². The molecule has 1 amide bonds. The van der Waals surface area contributed by atoms with Gasteiger partial charge in [0.2, 0.25) is 0 Å². The van der Waals surface area contributed by atoms with E-state index in [4.69, 9.17) is 23.7 Å². The highest BCUT2D eigenvalue weighted by Gasteiger charge is 2.36. The summed E-state index contributed by atoms with van der Waals surface area (Å²) in [5, 5.41) is 6.33. The molecular weight excluding hydrogens is 653 g/mol. The molecule has 1 N–H and O–H groups in total. The molecule has 0 bridgehead atoms. The maximum Gasteiger partial charge on any atom is 0.511 e. The Morgan fingerprint density at radius 2 is 1.68 bits per heavy atom. The van der Waals surface area contributed by atoms with Gasteiger partial charge in [-0.05, 0) is 58.0 Å². The standard InChI is InChI=1S/C28H31F3N6O9S/c1-18-5-7-20(8-6-18)23-13-24(28(29,30)31)32-35(23)21-9-11-22(12-10-21)47(40,41)33-25(38)42-16-19-14-34(15-19)36-37(46-36)44-17-43-26(39)45-27(2,3)4/h5-13,19H,14-17H2,1-4H3,(H,33,38). The molecule has 1 aliphatic heterocycles. The minimum Gasteiger partial charge on any atom is -0.448 e. The second kappa shape index (κ2) is 12.6. The predicted molar refractivity (Wildman–Crippen MR) is 155 cm³/mol. The van der Waals surface area contributed by atoms with Crippen molar-refractivity contribution in [1.29, 1.82) is 0 Å². The Hall–Kier alpha value is -5.07. The number of hydrogen-bond acceptors (Lipinski definition) is 11. The first-order chi connectivity index (χ1) is 22.0. The van der Waals surface area contributed by atoms with E-state index < -0.39 is 46.5 Å². The highest BCUT2D eigenvalue weighted by Crippen LogP contribution is 2.33. The molecule has 0 aliphatic carbocycles. The molecule has 1 saturated heterocycles. The molecule has 0 atom stereocenters. The lowest BCUT2D eigenvalue weighted by atomic mass is 10.0. The van der Waals surface area contributed by atoms with Gasteiger partial charge in [0.15, 0.2) is 5.69 Å². The number of alkyl halides is 3. The topological polar surface area (TPSA) is 161 Å². The monoisotopic (exact) mass is 684 g/mol. The van der Waals surface area contributed by atoms with Gasteiger partial charge in [-0.1, -0.05) is 29.8 Å². The minimum absolute atomic E-state index is 0.101. The Labute approximate surface area is 266 Å². The van der Waals surface area contributed by atoms with Gasteiger partial charge in [-0.3, -0.25) is 5.01 Å². The number of ether oxygens (including phenoxy) is 3. The van der Waals surface area contributed by atoms with Gasteiger partial charge < -0.3 is 19.0 Å². The van der Waals surface area contributed by atoms with E-state index >= 15 is 0 Å². The van der Waals surface area contributed by atoms with E-state index in [9.17, 15) is 31.2 Å². The molecule has 2 aromatic heterocycles. The summed E-state index contributed by atoms with van der Waals surface area (Å²) in [4.78, 5) is 29.8. The maximum atomic E-state index is 13.5. The Morgan fingerprint density at radius 1 is 1.02 bits per heavy atom. The van der Waals surface area contributed by atoms with E-state index in [1.165, 1.54) is 17.1 Å². The highest BCUT2D eigenvalue weighted by molar-refractivity contribution is 7.90. The number of aryl methyl sites for hydroxylation is 1. The van der Waals surface area contributed by atoms with Crippen molar-refractivity contribution in [3.8, 4) is 16.9 Å². The number of carbonyl (C=O) groups is 2. The van der Waals surface area contributed by atoms with Crippen molar-refractivity contribution >= 4 is 22.3 Å². The molecule has 0 saturated carbocycles. The van der Waals surface area contributed by atoms with Crippen molar-refractivity contribution in [1.82, 2.24) is 24.5 Å². The first kappa shape index (κ1) is 33.3. The third kappa shape index (κ3) is 8.40. The van der Waals surface area contributed by atoms with E-state index in [2.05, 4.69) is 5.10 Å². The number of hydrogen-bond donors (Lipinski definition) is 1. The molecule has 4 aromatic rings. The van der Waals surface area contributed by atoms with Crippen LogP contribution in [-0.2, 0) is 30.4 Å². The van der Waals surface area contributed by atoms with Crippen molar-refractivity contribution in [3.63, 3.8) is 0 Å². The van der Waals surface area contributed by atoms with Gasteiger partial charge in [-0.15, -0.1) is 0 Å². The molecule has 1 aliphatic rings. The van der Waals surface area contributed by atoms with E-state index in [1.54, 1.807) is 50.0 Å². The van der Waals surface area contributed by atoms with Crippen molar-refractivity contribution in [2.24, 2.45) is 5.92 Å². The summed E-state index contributed by atoms with van der Waals surface area (Å²) in [5.74, 6) is -0.148. The summed E-state index contributed by atoms with van der Waals surface area (Å²) < 4.78 is 88.8. The predicted octanol–water partition coefficient (Wildman–Crippen LogP) is 4.08. The summed E-state index contributed by atoms with van der Waals surface area (Å²) in [6, 6.07) is 12.6. The third-order valence-electron chi connectivity index (χ3n) is 6.57. The fraction of sp³-hybridized carbons (Fsp3) is 0.393. The molecule has 254 valence electrons. The maximum absolute atomic E-state index is 13.5. The van der Waals surface area contributed by atoms with Crippen LogP contribution >= 0.6 is 0 Å². The molecule has 3 heterocycles. The number of amides is 1. The normalized spacial score (nSPS) is 14.1. The number of nitrogens with one attached hydrogen (secondary N) is 1. The zero-order valence-corrected chi connectivity index (χ0v) is 26.4. The molecule has 0 unspecified atom stereocenters. The fourth-order valence-electron chi connectivity index (χ4n) is 4.27. The highest BCUT2D eigenvalue weighted by atomic mass is 32.2. The van der Waals surface area contributed by atoms with Crippen LogP contribution in [0.25, 0.3) is 16.9 Å². The largest absolute Gasteiger partial charge is 0.511 e. The van der Waals surface area contributed by atoms with Gasteiger partial charge >= 0.3 is 18.4 Å². The lowest BCUT2D eigenvalue weighted by Crippen LogP contribution is -2.54. The Balaban J connectivity index is 1.10. The number of sulfonamides is 1. The molecule has 15 nitrogen and oxygen atoms in total. The average Bonchev–Trinajstić information content (AvgIpc) is 3.54. The molecule has 47 heavy (non-hydrogen) atoms. The van der Waals surface area contributed by atoms with E-state index in [1.807, 2.05) is 11.6 Å². The van der Waals surface area contributed by atoms with Crippen LogP contribution < -0.4 is 14.6 Å². The summed E-state index contributed by atoms with van der Waals surface area (Å²) in [6.45, 7) is 7.09. The second-order valence-corrected chi connectivity index (χ2v) is 13.2. The lowest BCUT2D eigenvalue weighted by Gasteiger charge is -2.35. The van der Waals surface area contributed by atoms with Gasteiger partial charge in [0.05, 0.1) is 22.9 Å². The third-order valence-corrected chi connectivity index (χ3v) is 7.90. The molecule has 19 heteroatoms. The van der Waals surface area contributed by atoms with Crippen LogP contribution in [0.3, 0.4) is 0 Å². The van der Waals surface area contributed by atoms with Crippen LogP contribution in [0, 0.1) is 12.8 Å². The Morgan fingerprint density at radius 3 is 2.30 bits per heavy atom. The molecule has 5 rings (SSSR count). The smallest absolute Gasteiger partial charge is 0.448 e. The van der Waals surface area contributed by atoms with E-state index in [0.29, 0.717) is 18.7 Å². The van der Waals surface area contributed by atoms with Crippen LogP contribution in [-0.4, -0.2) is 72.5 Å². The van der Waals surface area contributed by atoms with Gasteiger partial charge in [-0.25, -0.2) is 27.4 Å². The van der Waals surface area contributed by atoms with Gasteiger partial charge in [0.1, 0.15) is 10.6 Å². The van der Waals surface area contributed by atoms with Crippen molar-refractivity contribution in [2.75, 3.05) is 31.5 Å². The van der Waals surface area contributed by atoms with Crippen LogP contribution in [0.5, 0.6) is 0 Å². The van der Waals surface area contributed by atoms with Crippen LogP contribution in [0.2, 0.25) is 0 Å². The number of benzene rings is 2. The van der Waals surface area contributed by atoms with E-state index in [-0.39, 0.29) is 28.8 Å². The minimum atomic E-state index is -4.70. The van der Waals surface area contributed by atoms with Crippen LogP contribution in [0.4, 0.5) is 22.8 Å². The lowest BCUT2D eigenvalue weighted by molar-refractivity contribution is -0.141. The number of nitrogens with zero attached hydrogens (tertiary/aromatic N) is 5. The first-order valence-corrected chi connectivity index (χ1v) is 15.5. The Bertz CT molecular complexity index is 1810. The average molecular weight is 685 g/mol. The SMILES string of the molecule is Cc1ccc(-c2cc(C(F)(F)F)nn2-c2ccc(S(=O)(=O)NC(=O)OCC3CN(n4on4OCOC(=O)OC(C)(C)C)C3)cc2)cc1. The molecule has 0 radical (unpaired) electrons. The summed E-state index contributed by atoms with van der Waals surface area (Å²) in [7, 11) is -4.37. The quantitative estimate of drug-likeness (QED) is 0.189. The summed E-state index contributed by atoms with van der Waals surface area (Å²) in [6.07, 6.45) is -6.81. The zero-order valence-electron chi connectivity index (χ0n) is 25.6. The zero-order chi connectivity index (χ0) is 34.1. The second-order valence-electron chi connectivity index (χ2n) is 11.6. The number of rotatable bonds is 10. The Kier molecular flexibility index (Phi) is 8.94. The number of carbonyl (C=O) groups excluding carboxylic acids is 2. The van der Waals surface area contributed by atoms with Crippen LogP contribution in [0.15, 0.2) is 64.1 Å². The fourth-order valence-corrected chi connectivity index (χ4v) is 5.16. The van der Waals surface area contributed by atoms with Crippen molar-refractivity contribution in [2.45, 2.75) is 44.4 Å².